The number of hydrogen-bond donors (Lipinski definition) is 0. The van der Waals surface area contributed by atoms with E-state index in [1.807, 2.05) is 0 Å². The van der Waals surface area contributed by atoms with Crippen LogP contribution in [0.5, 0.6) is 0 Å². The molecule has 0 unspecified atom stereocenters. The second-order valence-electron chi connectivity index (χ2n) is 6.92. The molecule has 1 heteroatoms. The zero-order valence-electron chi connectivity index (χ0n) is 15.8. The van der Waals surface area contributed by atoms with Crippen LogP contribution in [-0.4, -0.2) is 11.5 Å². The van der Waals surface area contributed by atoms with Gasteiger partial charge in [-0.15, -0.1) is 0 Å². The fraction of sp³-hybridized carbons (Fsp3) is 1.00. The summed E-state index contributed by atoms with van der Waals surface area (Å²) < 4.78 is 0. The van der Waals surface area contributed by atoms with Crippen molar-refractivity contribution < 1.29 is 0 Å². The second-order valence-corrected chi connectivity index (χ2v) is 8.14. The molecule has 0 aromatic carbocycles. The van der Waals surface area contributed by atoms with Crippen molar-refractivity contribution in [1.82, 2.24) is 0 Å². The first-order valence-corrected chi connectivity index (χ1v) is 11.6. The maximum atomic E-state index is 2.30. The zero-order chi connectivity index (χ0) is 16.1. The van der Waals surface area contributed by atoms with E-state index in [0.717, 1.165) is 0 Å². The highest BCUT2D eigenvalue weighted by molar-refractivity contribution is 7.99. The van der Waals surface area contributed by atoms with Gasteiger partial charge in [0.25, 0.3) is 0 Å². The molecule has 0 radical (unpaired) electrons. The van der Waals surface area contributed by atoms with Crippen LogP contribution in [0.15, 0.2) is 0 Å². The predicted molar refractivity (Wildman–Crippen MR) is 107 cm³/mol. The topological polar surface area (TPSA) is 0 Å². The molecular formula is C21H44S. The van der Waals surface area contributed by atoms with Gasteiger partial charge >= 0.3 is 0 Å². The van der Waals surface area contributed by atoms with Gasteiger partial charge in [-0.2, -0.15) is 11.8 Å². The molecule has 0 saturated carbocycles. The van der Waals surface area contributed by atoms with Crippen LogP contribution in [0.2, 0.25) is 0 Å². The summed E-state index contributed by atoms with van der Waals surface area (Å²) in [6.45, 7) is 4.59. The molecule has 0 bridgehead atoms. The summed E-state index contributed by atoms with van der Waals surface area (Å²) in [6.07, 6.45) is 24.7. The van der Waals surface area contributed by atoms with Gasteiger partial charge in [-0.25, -0.2) is 0 Å². The Kier molecular flexibility index (Phi) is 21.7. The van der Waals surface area contributed by atoms with Gasteiger partial charge in [-0.05, 0) is 24.3 Å². The van der Waals surface area contributed by atoms with Crippen LogP contribution in [0.4, 0.5) is 0 Å². The maximum absolute atomic E-state index is 2.30. The lowest BCUT2D eigenvalue weighted by Gasteiger charge is -2.03. The van der Waals surface area contributed by atoms with Gasteiger partial charge in [0.15, 0.2) is 0 Å². The standard InChI is InChI=1S/C21H44S/c1-3-5-7-9-11-13-15-17-19-21-22-20-18-16-14-12-10-8-6-4-2/h3-21H2,1-2H3. The second kappa shape index (κ2) is 21.4. The minimum atomic E-state index is 1.37. The van der Waals surface area contributed by atoms with E-state index in [2.05, 4.69) is 25.6 Å². The van der Waals surface area contributed by atoms with Crippen molar-refractivity contribution in [1.29, 1.82) is 0 Å². The van der Waals surface area contributed by atoms with E-state index in [4.69, 9.17) is 0 Å². The van der Waals surface area contributed by atoms with Crippen LogP contribution in [0, 0.1) is 0 Å². The van der Waals surface area contributed by atoms with E-state index in [1.54, 1.807) is 0 Å². The summed E-state index contributed by atoms with van der Waals surface area (Å²) in [7, 11) is 0. The van der Waals surface area contributed by atoms with Crippen LogP contribution in [0.1, 0.15) is 123 Å². The van der Waals surface area contributed by atoms with Gasteiger partial charge in [-0.1, -0.05) is 110 Å². The van der Waals surface area contributed by atoms with Gasteiger partial charge in [0.1, 0.15) is 0 Å². The van der Waals surface area contributed by atoms with Crippen LogP contribution in [-0.2, 0) is 0 Å². The SMILES string of the molecule is CCCCCCCCCCCSCCCCCCCCCC. The lowest BCUT2D eigenvalue weighted by Crippen LogP contribution is -1.87. The van der Waals surface area contributed by atoms with Gasteiger partial charge in [-0.3, -0.25) is 0 Å². The van der Waals surface area contributed by atoms with Gasteiger partial charge in [0.2, 0.25) is 0 Å². The average molecular weight is 329 g/mol. The van der Waals surface area contributed by atoms with Crippen molar-refractivity contribution in [3.05, 3.63) is 0 Å². The van der Waals surface area contributed by atoms with Crippen LogP contribution in [0.3, 0.4) is 0 Å². The Morgan fingerprint density at radius 3 is 0.955 bits per heavy atom. The normalized spacial score (nSPS) is 11.2. The van der Waals surface area contributed by atoms with Crippen LogP contribution in [0.25, 0.3) is 0 Å². The third-order valence-electron chi connectivity index (χ3n) is 4.53. The van der Waals surface area contributed by atoms with Crippen molar-refractivity contribution in [2.24, 2.45) is 0 Å². The lowest BCUT2D eigenvalue weighted by atomic mass is 10.1. The highest BCUT2D eigenvalue weighted by Crippen LogP contribution is 2.14. The van der Waals surface area contributed by atoms with E-state index in [-0.39, 0.29) is 0 Å². The van der Waals surface area contributed by atoms with E-state index in [9.17, 15) is 0 Å². The molecule has 0 atom stereocenters. The molecule has 134 valence electrons. The van der Waals surface area contributed by atoms with Crippen molar-refractivity contribution in [3.8, 4) is 0 Å². The molecule has 0 saturated heterocycles. The molecule has 0 amide bonds. The van der Waals surface area contributed by atoms with E-state index in [0.29, 0.717) is 0 Å². The van der Waals surface area contributed by atoms with E-state index < -0.39 is 0 Å². The summed E-state index contributed by atoms with van der Waals surface area (Å²) in [5.41, 5.74) is 0. The van der Waals surface area contributed by atoms with Crippen LogP contribution >= 0.6 is 11.8 Å². The molecule has 0 fully saturated rings. The largest absolute Gasteiger partial charge is 0.162 e. The number of thioether (sulfide) groups is 1. The smallest absolute Gasteiger partial charge is 0.00675 e. The van der Waals surface area contributed by atoms with Crippen molar-refractivity contribution >= 4 is 11.8 Å². The molecule has 0 nitrogen and oxygen atoms in total. The first kappa shape index (κ1) is 22.4. The van der Waals surface area contributed by atoms with E-state index in [1.165, 1.54) is 121 Å². The molecule has 0 spiro atoms. The first-order chi connectivity index (χ1) is 10.9. The summed E-state index contributed by atoms with van der Waals surface area (Å²) in [5.74, 6) is 2.82. The predicted octanol–water partition coefficient (Wildman–Crippen LogP) is 8.39. The summed E-state index contributed by atoms with van der Waals surface area (Å²) >= 11 is 2.20. The maximum Gasteiger partial charge on any atom is -0.00675 e. The minimum absolute atomic E-state index is 1.37. The molecule has 0 aromatic rings. The minimum Gasteiger partial charge on any atom is -0.162 e. The quantitative estimate of drug-likeness (QED) is 0.214. The van der Waals surface area contributed by atoms with Gasteiger partial charge < -0.3 is 0 Å². The Labute approximate surface area is 146 Å². The molecule has 0 rings (SSSR count). The fourth-order valence-corrected chi connectivity index (χ4v) is 3.98. The Hall–Kier alpha value is 0.350. The highest BCUT2D eigenvalue weighted by Gasteiger charge is 1.94. The van der Waals surface area contributed by atoms with E-state index >= 15 is 0 Å². The Bertz CT molecular complexity index is 159. The molecule has 0 aliphatic carbocycles. The summed E-state index contributed by atoms with van der Waals surface area (Å²) in [5, 5.41) is 0. The third kappa shape index (κ3) is 20.3. The molecule has 0 aliphatic heterocycles. The van der Waals surface area contributed by atoms with Crippen LogP contribution < -0.4 is 0 Å². The summed E-state index contributed by atoms with van der Waals surface area (Å²) in [6, 6.07) is 0. The Morgan fingerprint density at radius 2 is 0.636 bits per heavy atom. The monoisotopic (exact) mass is 328 g/mol. The van der Waals surface area contributed by atoms with Crippen molar-refractivity contribution in [2.75, 3.05) is 11.5 Å². The molecule has 0 aliphatic rings. The van der Waals surface area contributed by atoms with Gasteiger partial charge in [0, 0.05) is 0 Å². The highest BCUT2D eigenvalue weighted by atomic mass is 32.2. The Balaban J connectivity index is 2.91. The average Bonchev–Trinajstić information content (AvgIpc) is 2.54. The molecule has 0 N–H and O–H groups in total. The third-order valence-corrected chi connectivity index (χ3v) is 5.69. The number of unbranched alkanes of at least 4 members (excludes halogenated alkanes) is 15. The van der Waals surface area contributed by atoms with Crippen molar-refractivity contribution in [2.45, 2.75) is 123 Å². The zero-order valence-corrected chi connectivity index (χ0v) is 16.7. The number of rotatable bonds is 19. The molecule has 0 heterocycles. The number of hydrogen-bond acceptors (Lipinski definition) is 1. The summed E-state index contributed by atoms with van der Waals surface area (Å²) in [4.78, 5) is 0. The fourth-order valence-electron chi connectivity index (χ4n) is 2.95. The lowest BCUT2D eigenvalue weighted by molar-refractivity contribution is 0.573. The first-order valence-electron chi connectivity index (χ1n) is 10.5. The van der Waals surface area contributed by atoms with Gasteiger partial charge in [0.05, 0.1) is 0 Å². The Morgan fingerprint density at radius 1 is 0.364 bits per heavy atom. The molecule has 0 aromatic heterocycles. The van der Waals surface area contributed by atoms with Crippen molar-refractivity contribution in [3.63, 3.8) is 0 Å². The molecule has 22 heavy (non-hydrogen) atoms. The molecular weight excluding hydrogens is 284 g/mol.